The Morgan fingerprint density at radius 2 is 1.14 bits per heavy atom. The standard InChI is InChI=1S/C46H36N2O/c1-46(2,3)32-26-28-42-39(30-32)38-29-31(25-27-41(38)47(42)33-15-6-4-7-16-33)35-19-10-12-22-40(35)48(34-17-8-5-9-18-34)43-23-14-21-37-36-20-11-13-24-44(36)49-45(37)43/h4-30H,1-3H3. The molecule has 0 amide bonds. The quantitative estimate of drug-likeness (QED) is 0.188. The Labute approximate surface area is 286 Å². The molecule has 0 unspecified atom stereocenters. The molecule has 0 spiro atoms. The lowest BCUT2D eigenvalue weighted by Gasteiger charge is -2.28. The van der Waals surface area contributed by atoms with Crippen LogP contribution in [0.3, 0.4) is 0 Å². The number of para-hydroxylation sites is 5. The van der Waals surface area contributed by atoms with Crippen molar-refractivity contribution in [1.82, 2.24) is 4.57 Å². The van der Waals surface area contributed by atoms with Gasteiger partial charge in [-0.15, -0.1) is 0 Å². The van der Waals surface area contributed by atoms with Crippen molar-refractivity contribution in [3.8, 4) is 16.8 Å². The van der Waals surface area contributed by atoms with Crippen LogP contribution in [0, 0.1) is 0 Å². The Bertz CT molecular complexity index is 2640. The van der Waals surface area contributed by atoms with E-state index < -0.39 is 0 Å². The number of anilines is 3. The maximum absolute atomic E-state index is 6.60. The number of nitrogens with zero attached hydrogens (tertiary/aromatic N) is 2. The number of aromatic nitrogens is 1. The first-order chi connectivity index (χ1) is 24.0. The topological polar surface area (TPSA) is 21.3 Å². The van der Waals surface area contributed by atoms with Crippen molar-refractivity contribution >= 4 is 60.8 Å². The molecular formula is C46H36N2O. The monoisotopic (exact) mass is 632 g/mol. The van der Waals surface area contributed by atoms with Crippen molar-refractivity contribution in [3.63, 3.8) is 0 Å². The zero-order chi connectivity index (χ0) is 33.1. The van der Waals surface area contributed by atoms with Crippen LogP contribution in [0.5, 0.6) is 0 Å². The van der Waals surface area contributed by atoms with Gasteiger partial charge < -0.3 is 13.9 Å². The molecule has 2 aromatic heterocycles. The smallest absolute Gasteiger partial charge is 0.159 e. The van der Waals surface area contributed by atoms with Crippen molar-refractivity contribution in [2.24, 2.45) is 0 Å². The summed E-state index contributed by atoms with van der Waals surface area (Å²) in [5.41, 5.74) is 12.2. The Balaban J connectivity index is 1.30. The average Bonchev–Trinajstić information content (AvgIpc) is 3.68. The van der Waals surface area contributed by atoms with Gasteiger partial charge in [0.2, 0.25) is 0 Å². The summed E-state index contributed by atoms with van der Waals surface area (Å²) < 4.78 is 8.99. The van der Waals surface area contributed by atoms with Gasteiger partial charge in [-0.05, 0) is 83.3 Å². The van der Waals surface area contributed by atoms with E-state index in [1.54, 1.807) is 0 Å². The number of rotatable bonds is 5. The van der Waals surface area contributed by atoms with E-state index in [4.69, 9.17) is 4.42 Å². The largest absolute Gasteiger partial charge is 0.454 e. The molecule has 0 radical (unpaired) electrons. The molecule has 0 aliphatic heterocycles. The molecule has 0 aliphatic carbocycles. The molecule has 236 valence electrons. The lowest BCUT2D eigenvalue weighted by molar-refractivity contribution is 0.591. The van der Waals surface area contributed by atoms with Crippen molar-refractivity contribution < 1.29 is 4.42 Å². The molecule has 0 atom stereocenters. The molecule has 0 bridgehead atoms. The van der Waals surface area contributed by atoms with Gasteiger partial charge in [-0.3, -0.25) is 0 Å². The molecular weight excluding hydrogens is 597 g/mol. The van der Waals surface area contributed by atoms with Crippen LogP contribution in [0.1, 0.15) is 26.3 Å². The Morgan fingerprint density at radius 1 is 0.510 bits per heavy atom. The van der Waals surface area contributed by atoms with E-state index in [0.717, 1.165) is 55.8 Å². The Morgan fingerprint density at radius 3 is 1.94 bits per heavy atom. The minimum atomic E-state index is 0.0351. The second-order valence-corrected chi connectivity index (χ2v) is 13.8. The van der Waals surface area contributed by atoms with Gasteiger partial charge in [0, 0.05) is 38.5 Å². The molecule has 0 saturated carbocycles. The van der Waals surface area contributed by atoms with Crippen LogP contribution in [0.4, 0.5) is 17.1 Å². The third-order valence-electron chi connectivity index (χ3n) is 9.74. The first kappa shape index (κ1) is 29.1. The predicted octanol–water partition coefficient (Wildman–Crippen LogP) is 13.1. The van der Waals surface area contributed by atoms with Crippen LogP contribution in [-0.4, -0.2) is 4.57 Å². The highest BCUT2D eigenvalue weighted by Crippen LogP contribution is 2.46. The van der Waals surface area contributed by atoms with Crippen molar-refractivity contribution in [3.05, 3.63) is 169 Å². The van der Waals surface area contributed by atoms with Gasteiger partial charge in [-0.2, -0.15) is 0 Å². The van der Waals surface area contributed by atoms with Crippen LogP contribution >= 0.6 is 0 Å². The minimum Gasteiger partial charge on any atom is -0.454 e. The van der Waals surface area contributed by atoms with E-state index in [1.165, 1.54) is 27.4 Å². The number of hydrogen-bond acceptors (Lipinski definition) is 2. The maximum Gasteiger partial charge on any atom is 0.159 e. The van der Waals surface area contributed by atoms with E-state index >= 15 is 0 Å². The predicted molar refractivity (Wildman–Crippen MR) is 207 cm³/mol. The van der Waals surface area contributed by atoms with E-state index in [2.05, 4.69) is 182 Å². The molecule has 9 aromatic rings. The van der Waals surface area contributed by atoms with Gasteiger partial charge in [-0.25, -0.2) is 0 Å². The molecule has 3 nitrogen and oxygen atoms in total. The molecule has 49 heavy (non-hydrogen) atoms. The van der Waals surface area contributed by atoms with Crippen LogP contribution in [0.15, 0.2) is 168 Å². The third-order valence-corrected chi connectivity index (χ3v) is 9.74. The van der Waals surface area contributed by atoms with Crippen molar-refractivity contribution in [2.75, 3.05) is 4.90 Å². The summed E-state index contributed by atoms with van der Waals surface area (Å²) in [6, 6.07) is 58.7. The van der Waals surface area contributed by atoms with Crippen LogP contribution in [0.25, 0.3) is 60.6 Å². The van der Waals surface area contributed by atoms with Gasteiger partial charge in [0.25, 0.3) is 0 Å². The summed E-state index contributed by atoms with van der Waals surface area (Å²) in [6.07, 6.45) is 0. The summed E-state index contributed by atoms with van der Waals surface area (Å²) in [7, 11) is 0. The maximum atomic E-state index is 6.60. The Hall–Kier alpha value is -6.06. The van der Waals surface area contributed by atoms with Crippen LogP contribution in [-0.2, 0) is 5.41 Å². The number of fused-ring (bicyclic) bond motifs is 6. The highest BCUT2D eigenvalue weighted by molar-refractivity contribution is 6.12. The summed E-state index contributed by atoms with van der Waals surface area (Å²) >= 11 is 0. The molecule has 7 aromatic carbocycles. The molecule has 0 aliphatic rings. The SMILES string of the molecule is CC(C)(C)c1ccc2c(c1)c1cc(-c3ccccc3N(c3ccccc3)c3cccc4c3oc3ccccc34)ccc1n2-c1ccccc1. The van der Waals surface area contributed by atoms with E-state index in [1.807, 2.05) is 12.1 Å². The van der Waals surface area contributed by atoms with E-state index in [0.29, 0.717) is 0 Å². The second-order valence-electron chi connectivity index (χ2n) is 13.8. The average molecular weight is 633 g/mol. The summed E-state index contributed by atoms with van der Waals surface area (Å²) in [5.74, 6) is 0. The normalized spacial score (nSPS) is 12.0. The lowest BCUT2D eigenvalue weighted by atomic mass is 9.86. The van der Waals surface area contributed by atoms with E-state index in [-0.39, 0.29) is 5.41 Å². The number of benzene rings is 7. The number of hydrogen-bond donors (Lipinski definition) is 0. The molecule has 0 N–H and O–H groups in total. The number of furan rings is 1. The zero-order valence-electron chi connectivity index (χ0n) is 27.9. The van der Waals surface area contributed by atoms with Crippen molar-refractivity contribution in [1.29, 1.82) is 0 Å². The third kappa shape index (κ3) is 4.81. The van der Waals surface area contributed by atoms with E-state index in [9.17, 15) is 0 Å². The Kier molecular flexibility index (Phi) is 6.70. The molecule has 0 saturated heterocycles. The first-order valence-corrected chi connectivity index (χ1v) is 16.9. The zero-order valence-corrected chi connectivity index (χ0v) is 27.9. The summed E-state index contributed by atoms with van der Waals surface area (Å²) in [5, 5.41) is 4.73. The van der Waals surface area contributed by atoms with Gasteiger partial charge in [-0.1, -0.05) is 118 Å². The van der Waals surface area contributed by atoms with Gasteiger partial charge in [0.15, 0.2) is 5.58 Å². The second kappa shape index (κ2) is 11.3. The molecule has 3 heteroatoms. The fourth-order valence-electron chi connectivity index (χ4n) is 7.32. The lowest BCUT2D eigenvalue weighted by Crippen LogP contribution is -2.11. The highest BCUT2D eigenvalue weighted by Gasteiger charge is 2.23. The summed E-state index contributed by atoms with van der Waals surface area (Å²) in [4.78, 5) is 2.34. The van der Waals surface area contributed by atoms with Crippen molar-refractivity contribution in [2.45, 2.75) is 26.2 Å². The fourth-order valence-corrected chi connectivity index (χ4v) is 7.32. The molecule has 0 fully saturated rings. The molecule has 2 heterocycles. The molecule has 9 rings (SSSR count). The highest BCUT2D eigenvalue weighted by atomic mass is 16.3. The fraction of sp³-hybridized carbons (Fsp3) is 0.0870. The first-order valence-electron chi connectivity index (χ1n) is 16.9. The minimum absolute atomic E-state index is 0.0351. The van der Waals surface area contributed by atoms with Gasteiger partial charge >= 0.3 is 0 Å². The van der Waals surface area contributed by atoms with Gasteiger partial charge in [0.05, 0.1) is 22.4 Å². The van der Waals surface area contributed by atoms with Crippen LogP contribution in [0.2, 0.25) is 0 Å². The van der Waals surface area contributed by atoms with Crippen LogP contribution < -0.4 is 4.90 Å². The van der Waals surface area contributed by atoms with Gasteiger partial charge in [0.1, 0.15) is 5.58 Å². The summed E-state index contributed by atoms with van der Waals surface area (Å²) in [6.45, 7) is 6.85.